The van der Waals surface area contributed by atoms with Crippen LogP contribution in [0.4, 0.5) is 4.79 Å². The third kappa shape index (κ3) is 2.44. The van der Waals surface area contributed by atoms with Crippen LogP contribution >= 0.6 is 15.9 Å². The van der Waals surface area contributed by atoms with E-state index in [1.165, 1.54) is 6.07 Å². The summed E-state index contributed by atoms with van der Waals surface area (Å²) in [6, 6.07) is 2.42. The smallest absolute Gasteiger partial charge is 0.344 e. The first-order valence-corrected chi connectivity index (χ1v) is 7.54. The number of amides is 4. The van der Waals surface area contributed by atoms with E-state index in [0.717, 1.165) is 24.3 Å². The first-order valence-electron chi connectivity index (χ1n) is 6.75. The molecule has 1 aromatic rings. The summed E-state index contributed by atoms with van der Waals surface area (Å²) in [6.07, 6.45) is 4.04. The second-order valence-electron chi connectivity index (χ2n) is 5.26. The van der Waals surface area contributed by atoms with Crippen LogP contribution in [0, 0.1) is 0 Å². The average Bonchev–Trinajstić information content (AvgIpc) is 2.98. The number of rotatable bonds is 2. The van der Waals surface area contributed by atoms with Gasteiger partial charge in [0, 0.05) is 0 Å². The van der Waals surface area contributed by atoms with Gasteiger partial charge in [-0.3, -0.25) is 9.59 Å². The van der Waals surface area contributed by atoms with Crippen molar-refractivity contribution in [3.8, 4) is 0 Å². The number of urea groups is 1. The van der Waals surface area contributed by atoms with Crippen LogP contribution in [0.25, 0.3) is 0 Å². The molecule has 8 heteroatoms. The highest BCUT2D eigenvalue weighted by Gasteiger charge is 2.52. The Labute approximate surface area is 129 Å². The highest BCUT2D eigenvalue weighted by Crippen LogP contribution is 2.33. The van der Waals surface area contributed by atoms with Gasteiger partial charge in [-0.05, 0) is 40.9 Å². The van der Waals surface area contributed by atoms with Crippen LogP contribution in [0.3, 0.4) is 0 Å². The van der Waals surface area contributed by atoms with Gasteiger partial charge in [-0.15, -0.1) is 0 Å². The average molecular weight is 356 g/mol. The van der Waals surface area contributed by atoms with Gasteiger partial charge >= 0.3 is 11.9 Å². The molecular weight excluding hydrogens is 342 g/mol. The Hall–Kier alpha value is -1.83. The first-order chi connectivity index (χ1) is 10.0. The summed E-state index contributed by atoms with van der Waals surface area (Å²) in [5, 5.41) is 3.47. The zero-order chi connectivity index (χ0) is 15.0. The Balaban J connectivity index is 1.75. The van der Waals surface area contributed by atoms with Crippen LogP contribution < -0.4 is 10.7 Å². The largest absolute Gasteiger partial charge is 0.444 e. The van der Waals surface area contributed by atoms with Crippen LogP contribution in [-0.4, -0.2) is 28.4 Å². The minimum absolute atomic E-state index is 0.0204. The predicted octanol–water partition coefficient (Wildman–Crippen LogP) is 1.94. The molecule has 21 heavy (non-hydrogen) atoms. The Kier molecular flexibility index (Phi) is 3.48. The van der Waals surface area contributed by atoms with Crippen LogP contribution in [0.2, 0.25) is 0 Å². The maximum atomic E-state index is 12.5. The number of carbonyl (C=O) groups is 3. The zero-order valence-electron chi connectivity index (χ0n) is 11.1. The molecule has 1 spiro atoms. The fourth-order valence-electron chi connectivity index (χ4n) is 2.81. The fourth-order valence-corrected chi connectivity index (χ4v) is 3.12. The van der Waals surface area contributed by atoms with E-state index < -0.39 is 23.4 Å². The number of imide groups is 1. The molecule has 0 atom stereocenters. The van der Waals surface area contributed by atoms with E-state index in [2.05, 4.69) is 26.7 Å². The van der Waals surface area contributed by atoms with Crippen molar-refractivity contribution in [3.63, 3.8) is 0 Å². The summed E-state index contributed by atoms with van der Waals surface area (Å²) < 4.78 is 5.49. The fraction of sp³-hybridized carbons (Fsp3) is 0.462. The Morgan fingerprint density at radius 2 is 2.00 bits per heavy atom. The molecule has 1 aliphatic carbocycles. The number of hydrazine groups is 1. The van der Waals surface area contributed by atoms with Gasteiger partial charge in [0.05, 0.1) is 0 Å². The number of hydrogen-bond acceptors (Lipinski definition) is 4. The number of halogens is 1. The monoisotopic (exact) mass is 355 g/mol. The van der Waals surface area contributed by atoms with Crippen molar-refractivity contribution in [2.24, 2.45) is 0 Å². The second-order valence-corrected chi connectivity index (χ2v) is 6.04. The van der Waals surface area contributed by atoms with Crippen LogP contribution in [0.5, 0.6) is 0 Å². The van der Waals surface area contributed by atoms with Gasteiger partial charge < -0.3 is 9.73 Å². The number of hydrogen-bond donors (Lipinski definition) is 2. The second kappa shape index (κ2) is 5.18. The van der Waals surface area contributed by atoms with E-state index in [0.29, 0.717) is 17.5 Å². The molecule has 0 radical (unpaired) electrons. The normalized spacial score (nSPS) is 20.7. The van der Waals surface area contributed by atoms with Crippen molar-refractivity contribution in [2.75, 3.05) is 0 Å². The van der Waals surface area contributed by atoms with E-state index >= 15 is 0 Å². The topological polar surface area (TPSA) is 91.7 Å². The summed E-state index contributed by atoms with van der Waals surface area (Å²) in [7, 11) is 0. The first kappa shape index (κ1) is 14.1. The van der Waals surface area contributed by atoms with E-state index in [4.69, 9.17) is 4.42 Å². The lowest BCUT2D eigenvalue weighted by atomic mass is 9.82. The highest BCUT2D eigenvalue weighted by molar-refractivity contribution is 9.10. The predicted molar refractivity (Wildman–Crippen MR) is 75.1 cm³/mol. The third-order valence-electron chi connectivity index (χ3n) is 3.88. The zero-order valence-corrected chi connectivity index (χ0v) is 12.7. The van der Waals surface area contributed by atoms with Gasteiger partial charge in [0.25, 0.3) is 5.91 Å². The molecule has 0 bridgehead atoms. The van der Waals surface area contributed by atoms with E-state index in [1.54, 1.807) is 6.07 Å². The molecule has 0 unspecified atom stereocenters. The van der Waals surface area contributed by atoms with Gasteiger partial charge in [0.15, 0.2) is 10.4 Å². The minimum Gasteiger partial charge on any atom is -0.444 e. The Morgan fingerprint density at radius 3 is 2.62 bits per heavy atom. The van der Waals surface area contributed by atoms with Crippen LogP contribution in [-0.2, 0) is 4.79 Å². The van der Waals surface area contributed by atoms with Crippen molar-refractivity contribution in [3.05, 3.63) is 22.6 Å². The molecule has 1 aromatic heterocycles. The Bertz CT molecular complexity index is 606. The molecule has 2 aliphatic rings. The lowest BCUT2D eigenvalue weighted by molar-refractivity contribution is -0.134. The SMILES string of the molecule is O=C(NN1C(=O)NC2(CCCCC2)C1=O)c1ccc(Br)o1. The van der Waals surface area contributed by atoms with Gasteiger partial charge in [-0.25, -0.2) is 10.2 Å². The maximum Gasteiger partial charge on any atom is 0.344 e. The molecule has 2 N–H and O–H groups in total. The minimum atomic E-state index is -0.855. The van der Waals surface area contributed by atoms with E-state index in [1.807, 2.05) is 0 Å². The molecule has 0 aromatic carbocycles. The summed E-state index contributed by atoms with van der Waals surface area (Å²) >= 11 is 3.09. The highest BCUT2D eigenvalue weighted by atomic mass is 79.9. The van der Waals surface area contributed by atoms with Crippen molar-refractivity contribution in [1.29, 1.82) is 0 Å². The Morgan fingerprint density at radius 1 is 1.29 bits per heavy atom. The molecule has 4 amide bonds. The molecular formula is C13H14BrN3O4. The molecule has 2 heterocycles. The molecule has 1 saturated carbocycles. The standard InChI is InChI=1S/C13H14BrN3O4/c14-9-5-4-8(21-9)10(18)16-17-11(19)13(15-12(17)20)6-2-1-3-7-13/h4-5H,1-3,6-7H2,(H,15,20)(H,16,18). The van der Waals surface area contributed by atoms with Gasteiger partial charge in [0.2, 0.25) is 0 Å². The van der Waals surface area contributed by atoms with Gasteiger partial charge in [-0.2, -0.15) is 5.01 Å². The summed E-state index contributed by atoms with van der Waals surface area (Å²) in [5.41, 5.74) is 1.44. The molecule has 3 rings (SSSR count). The maximum absolute atomic E-state index is 12.5. The van der Waals surface area contributed by atoms with Crippen molar-refractivity contribution < 1.29 is 18.8 Å². The summed E-state index contributed by atoms with van der Waals surface area (Å²) in [5.74, 6) is -1.02. The summed E-state index contributed by atoms with van der Waals surface area (Å²) in [4.78, 5) is 36.4. The van der Waals surface area contributed by atoms with E-state index in [9.17, 15) is 14.4 Å². The molecule has 1 saturated heterocycles. The van der Waals surface area contributed by atoms with Crippen molar-refractivity contribution in [1.82, 2.24) is 15.8 Å². The molecule has 112 valence electrons. The molecule has 7 nitrogen and oxygen atoms in total. The van der Waals surface area contributed by atoms with Gasteiger partial charge in [0.1, 0.15) is 5.54 Å². The lowest BCUT2D eigenvalue weighted by Gasteiger charge is -2.30. The van der Waals surface area contributed by atoms with Crippen LogP contribution in [0.15, 0.2) is 21.2 Å². The number of carbonyl (C=O) groups excluding carboxylic acids is 3. The third-order valence-corrected chi connectivity index (χ3v) is 4.31. The van der Waals surface area contributed by atoms with Crippen molar-refractivity contribution >= 4 is 33.8 Å². The van der Waals surface area contributed by atoms with E-state index in [-0.39, 0.29) is 5.76 Å². The molecule has 1 aliphatic heterocycles. The number of nitrogens with one attached hydrogen (secondary N) is 2. The quantitative estimate of drug-likeness (QED) is 0.793. The number of furan rings is 1. The lowest BCUT2D eigenvalue weighted by Crippen LogP contribution is -2.50. The summed E-state index contributed by atoms with van der Waals surface area (Å²) in [6.45, 7) is 0. The van der Waals surface area contributed by atoms with Crippen LogP contribution in [0.1, 0.15) is 42.7 Å². The number of nitrogens with zero attached hydrogens (tertiary/aromatic N) is 1. The molecule has 2 fully saturated rings. The van der Waals surface area contributed by atoms with Crippen molar-refractivity contribution in [2.45, 2.75) is 37.6 Å². The van der Waals surface area contributed by atoms with Gasteiger partial charge in [-0.1, -0.05) is 19.3 Å².